The second kappa shape index (κ2) is 6.59. The Bertz CT molecular complexity index is 978. The van der Waals surface area contributed by atoms with Gasteiger partial charge in [-0.05, 0) is 6.07 Å². The summed E-state index contributed by atoms with van der Waals surface area (Å²) < 4.78 is 33.3. The highest BCUT2D eigenvalue weighted by Gasteiger charge is 2.35. The Labute approximate surface area is 152 Å². The molecule has 0 aromatic heterocycles. The van der Waals surface area contributed by atoms with Gasteiger partial charge in [0.05, 0.1) is 23.8 Å². The number of carbonyl (C=O) groups excluding carboxylic acids is 1. The third kappa shape index (κ3) is 2.89. The number of hydrogen-bond acceptors (Lipinski definition) is 5. The topological polar surface area (TPSA) is 75.7 Å². The number of Topliss-reactive ketones (excluding diaryl/α,β-unsaturated/α-hetero) is 1. The zero-order valence-electron chi connectivity index (χ0n) is 14.0. The van der Waals surface area contributed by atoms with Crippen LogP contribution in [0.15, 0.2) is 65.2 Å². The third-order valence-corrected chi connectivity index (χ3v) is 5.90. The predicted molar refractivity (Wildman–Crippen MR) is 96.8 cm³/mol. The van der Waals surface area contributed by atoms with Crippen molar-refractivity contribution in [3.8, 4) is 0 Å². The molecule has 2 aliphatic rings. The minimum atomic E-state index is -3.80. The normalized spacial score (nSPS) is 18.8. The Morgan fingerprint density at radius 3 is 2.35 bits per heavy atom. The van der Waals surface area contributed by atoms with E-state index < -0.39 is 10.0 Å². The minimum Gasteiger partial charge on any atom is -0.378 e. The Balaban J connectivity index is 1.93. The van der Waals surface area contributed by atoms with Gasteiger partial charge in [-0.1, -0.05) is 48.5 Å². The van der Waals surface area contributed by atoms with Crippen molar-refractivity contribution < 1.29 is 17.9 Å². The maximum absolute atomic E-state index is 13.1. The lowest BCUT2D eigenvalue weighted by molar-refractivity contribution is 0.0632. The van der Waals surface area contributed by atoms with E-state index in [2.05, 4.69) is 4.72 Å². The number of ketones is 1. The number of nitrogens with zero attached hydrogens (tertiary/aromatic N) is 1. The van der Waals surface area contributed by atoms with E-state index in [9.17, 15) is 13.2 Å². The van der Waals surface area contributed by atoms with Crippen molar-refractivity contribution in [1.82, 2.24) is 9.62 Å². The lowest BCUT2D eigenvalue weighted by Gasteiger charge is -2.35. The highest BCUT2D eigenvalue weighted by molar-refractivity contribution is 7.89. The van der Waals surface area contributed by atoms with Crippen LogP contribution in [0.1, 0.15) is 15.9 Å². The third-order valence-electron chi connectivity index (χ3n) is 4.50. The Hall–Kier alpha value is -2.64. The molecule has 1 N–H and O–H groups in total. The summed E-state index contributed by atoms with van der Waals surface area (Å²) in [7, 11) is -3.80. The molecule has 6 nitrogen and oxygen atoms in total. The van der Waals surface area contributed by atoms with Gasteiger partial charge in [-0.2, -0.15) is 0 Å². The van der Waals surface area contributed by atoms with Crippen molar-refractivity contribution in [3.63, 3.8) is 0 Å². The highest BCUT2D eigenvalue weighted by atomic mass is 32.2. The largest absolute Gasteiger partial charge is 0.378 e. The molecular weight excluding hydrogens is 352 g/mol. The van der Waals surface area contributed by atoms with Crippen LogP contribution < -0.4 is 4.72 Å². The van der Waals surface area contributed by atoms with Crippen molar-refractivity contribution in [2.24, 2.45) is 0 Å². The van der Waals surface area contributed by atoms with Gasteiger partial charge >= 0.3 is 0 Å². The molecule has 0 bridgehead atoms. The number of benzene rings is 2. The first-order chi connectivity index (χ1) is 12.6. The summed E-state index contributed by atoms with van der Waals surface area (Å²) in [4.78, 5) is 15.3. The van der Waals surface area contributed by atoms with E-state index in [4.69, 9.17) is 4.74 Å². The minimum absolute atomic E-state index is 0.0943. The smallest absolute Gasteiger partial charge is 0.262 e. The number of allylic oxidation sites excluding steroid dienone is 1. The Morgan fingerprint density at radius 1 is 0.962 bits per heavy atom. The average Bonchev–Trinajstić information content (AvgIpc) is 2.68. The standard InChI is InChI=1S/C19H18N2O4S/c22-19(14-6-2-1-3-7-14)17-18(21-10-12-25-13-11-21)15-8-4-5-9-16(15)26(23,24)20-17/h1-9,20H,10-13H2. The van der Waals surface area contributed by atoms with Crippen molar-refractivity contribution in [2.45, 2.75) is 4.90 Å². The molecule has 2 heterocycles. The fourth-order valence-corrected chi connectivity index (χ4v) is 4.55. The van der Waals surface area contributed by atoms with Crippen LogP contribution in [0.4, 0.5) is 0 Å². The number of rotatable bonds is 3. The number of ether oxygens (including phenoxy) is 1. The lowest BCUT2D eigenvalue weighted by Crippen LogP contribution is -2.41. The van der Waals surface area contributed by atoms with Crippen molar-refractivity contribution in [1.29, 1.82) is 0 Å². The van der Waals surface area contributed by atoms with Gasteiger partial charge in [0.15, 0.2) is 0 Å². The van der Waals surface area contributed by atoms with Gasteiger partial charge in [-0.3, -0.25) is 9.52 Å². The second-order valence-corrected chi connectivity index (χ2v) is 7.77. The maximum atomic E-state index is 13.1. The first-order valence-electron chi connectivity index (χ1n) is 8.37. The zero-order valence-corrected chi connectivity index (χ0v) is 14.8. The maximum Gasteiger partial charge on any atom is 0.262 e. The molecule has 0 atom stereocenters. The van der Waals surface area contributed by atoms with Crippen LogP contribution in [0, 0.1) is 0 Å². The summed E-state index contributed by atoms with van der Waals surface area (Å²) in [5.41, 5.74) is 1.70. The van der Waals surface area contributed by atoms with Crippen molar-refractivity contribution >= 4 is 21.5 Å². The summed E-state index contributed by atoms with van der Waals surface area (Å²) in [5.74, 6) is -0.342. The molecule has 7 heteroatoms. The summed E-state index contributed by atoms with van der Waals surface area (Å²) >= 11 is 0. The SMILES string of the molecule is O=C(C1=C(N2CCOCC2)c2ccccc2S(=O)(=O)N1)c1ccccc1. The molecule has 4 rings (SSSR count). The van der Waals surface area contributed by atoms with Crippen LogP contribution in [-0.4, -0.2) is 45.4 Å². The van der Waals surface area contributed by atoms with E-state index in [0.29, 0.717) is 43.1 Å². The van der Waals surface area contributed by atoms with Crippen LogP contribution in [0.25, 0.3) is 5.70 Å². The summed E-state index contributed by atoms with van der Waals surface area (Å²) in [5, 5.41) is 0. The highest BCUT2D eigenvalue weighted by Crippen LogP contribution is 2.34. The van der Waals surface area contributed by atoms with Gasteiger partial charge in [0.1, 0.15) is 5.70 Å². The fraction of sp³-hybridized carbons (Fsp3) is 0.211. The quantitative estimate of drug-likeness (QED) is 0.835. The molecule has 134 valence electrons. The number of carbonyl (C=O) groups is 1. The first-order valence-corrected chi connectivity index (χ1v) is 9.85. The molecular formula is C19H18N2O4S. The van der Waals surface area contributed by atoms with E-state index in [-0.39, 0.29) is 16.4 Å². The molecule has 2 aliphatic heterocycles. The summed E-state index contributed by atoms with van der Waals surface area (Å²) in [6.45, 7) is 2.25. The van der Waals surface area contributed by atoms with E-state index in [1.807, 2.05) is 11.0 Å². The van der Waals surface area contributed by atoms with Gasteiger partial charge in [0.25, 0.3) is 10.0 Å². The molecule has 2 aromatic rings. The number of nitrogens with one attached hydrogen (secondary N) is 1. The number of morpholine rings is 1. The second-order valence-electron chi connectivity index (χ2n) is 6.12. The lowest BCUT2D eigenvalue weighted by atomic mass is 10.0. The molecule has 0 radical (unpaired) electrons. The van der Waals surface area contributed by atoms with Gasteiger partial charge in [-0.15, -0.1) is 0 Å². The number of hydrogen-bond donors (Lipinski definition) is 1. The molecule has 0 aliphatic carbocycles. The van der Waals surface area contributed by atoms with Gasteiger partial charge in [0.2, 0.25) is 5.78 Å². The Kier molecular flexibility index (Phi) is 4.26. The van der Waals surface area contributed by atoms with Gasteiger partial charge in [0, 0.05) is 24.2 Å². The number of sulfonamides is 1. The summed E-state index contributed by atoms with van der Waals surface area (Å²) in [6, 6.07) is 15.5. The fourth-order valence-electron chi connectivity index (χ4n) is 3.27. The molecule has 26 heavy (non-hydrogen) atoms. The van der Waals surface area contributed by atoms with Crippen molar-refractivity contribution in [2.75, 3.05) is 26.3 Å². The van der Waals surface area contributed by atoms with Crippen LogP contribution >= 0.6 is 0 Å². The van der Waals surface area contributed by atoms with Crippen LogP contribution in [0.5, 0.6) is 0 Å². The van der Waals surface area contributed by atoms with Gasteiger partial charge < -0.3 is 9.64 Å². The molecule has 0 saturated carbocycles. The summed E-state index contributed by atoms with van der Waals surface area (Å²) in [6.07, 6.45) is 0. The van der Waals surface area contributed by atoms with Gasteiger partial charge in [-0.25, -0.2) is 8.42 Å². The molecule has 1 fully saturated rings. The molecule has 0 unspecified atom stereocenters. The van der Waals surface area contributed by atoms with Crippen LogP contribution in [0.3, 0.4) is 0 Å². The first kappa shape index (κ1) is 16.8. The average molecular weight is 370 g/mol. The molecule has 0 amide bonds. The Morgan fingerprint density at radius 2 is 1.62 bits per heavy atom. The van der Waals surface area contributed by atoms with Crippen LogP contribution in [-0.2, 0) is 14.8 Å². The molecule has 1 saturated heterocycles. The molecule has 2 aromatic carbocycles. The monoisotopic (exact) mass is 370 g/mol. The van der Waals surface area contributed by atoms with E-state index in [0.717, 1.165) is 0 Å². The zero-order chi connectivity index (χ0) is 18.1. The molecule has 0 spiro atoms. The van der Waals surface area contributed by atoms with E-state index in [1.165, 1.54) is 0 Å². The number of fused-ring (bicyclic) bond motifs is 1. The van der Waals surface area contributed by atoms with Crippen LogP contribution in [0.2, 0.25) is 0 Å². The predicted octanol–water partition coefficient (Wildman–Crippen LogP) is 1.86. The van der Waals surface area contributed by atoms with E-state index in [1.54, 1.807) is 48.5 Å². The van der Waals surface area contributed by atoms with E-state index >= 15 is 0 Å². The van der Waals surface area contributed by atoms with Crippen molar-refractivity contribution in [3.05, 3.63) is 71.4 Å².